The van der Waals surface area contributed by atoms with Crippen LogP contribution in [0.4, 0.5) is 0 Å². The van der Waals surface area contributed by atoms with Crippen LogP contribution in [-0.2, 0) is 22.4 Å². The molecule has 0 spiro atoms. The number of rotatable bonds is 10. The molecule has 3 aromatic carbocycles. The first kappa shape index (κ1) is 22.0. The molecule has 4 heteroatoms. The van der Waals surface area contributed by atoms with Crippen molar-refractivity contribution in [2.24, 2.45) is 5.92 Å². The van der Waals surface area contributed by atoms with Crippen LogP contribution in [0, 0.1) is 5.92 Å². The first-order valence-electron chi connectivity index (χ1n) is 10.3. The van der Waals surface area contributed by atoms with Crippen LogP contribution in [0.15, 0.2) is 88.7 Å². The first-order valence-corrected chi connectivity index (χ1v) is 11.1. The Labute approximate surface area is 183 Å². The Morgan fingerprint density at radius 3 is 2.33 bits per heavy atom. The molecule has 1 atom stereocenters. The highest BCUT2D eigenvalue weighted by Crippen LogP contribution is 2.28. The van der Waals surface area contributed by atoms with E-state index in [2.05, 4.69) is 48.5 Å². The van der Waals surface area contributed by atoms with Crippen LogP contribution >= 0.6 is 11.8 Å². The Kier molecular flexibility index (Phi) is 8.40. The minimum atomic E-state index is -0.148. The molecule has 156 valence electrons. The van der Waals surface area contributed by atoms with E-state index in [0.29, 0.717) is 13.0 Å². The van der Waals surface area contributed by atoms with Crippen molar-refractivity contribution in [1.82, 2.24) is 0 Å². The number of hydrogen-bond donors (Lipinski definition) is 0. The van der Waals surface area contributed by atoms with E-state index in [1.165, 1.54) is 22.5 Å². The quantitative estimate of drug-likeness (QED) is 0.366. The lowest BCUT2D eigenvalue weighted by Crippen LogP contribution is -2.17. The van der Waals surface area contributed by atoms with Crippen LogP contribution in [0.2, 0.25) is 0 Å². The minimum absolute atomic E-state index is 0.0946. The summed E-state index contributed by atoms with van der Waals surface area (Å²) in [5.41, 5.74) is 2.38. The summed E-state index contributed by atoms with van der Waals surface area (Å²) in [5, 5.41) is 0. The molecule has 1 unspecified atom stereocenters. The molecule has 0 bridgehead atoms. The van der Waals surface area contributed by atoms with Gasteiger partial charge in [-0.15, -0.1) is 0 Å². The van der Waals surface area contributed by atoms with Gasteiger partial charge in [0, 0.05) is 16.2 Å². The highest BCUT2D eigenvalue weighted by atomic mass is 32.2. The molecule has 3 nitrogen and oxygen atoms in total. The summed E-state index contributed by atoms with van der Waals surface area (Å²) < 4.78 is 10.8. The van der Waals surface area contributed by atoms with E-state index in [-0.39, 0.29) is 11.9 Å². The normalized spacial score (nSPS) is 11.7. The van der Waals surface area contributed by atoms with E-state index in [0.717, 1.165) is 24.2 Å². The van der Waals surface area contributed by atoms with E-state index in [1.807, 2.05) is 37.3 Å². The van der Waals surface area contributed by atoms with Crippen LogP contribution in [0.1, 0.15) is 24.5 Å². The van der Waals surface area contributed by atoms with E-state index in [4.69, 9.17) is 9.47 Å². The van der Waals surface area contributed by atoms with E-state index in [1.54, 1.807) is 11.8 Å². The molecule has 0 saturated heterocycles. The summed E-state index contributed by atoms with van der Waals surface area (Å²) >= 11 is 1.77. The molecule has 3 rings (SSSR count). The molecule has 0 aliphatic carbocycles. The maximum absolute atomic E-state index is 11.8. The van der Waals surface area contributed by atoms with Crippen molar-refractivity contribution in [3.63, 3.8) is 0 Å². The molecule has 3 aromatic rings. The van der Waals surface area contributed by atoms with Crippen molar-refractivity contribution in [2.75, 3.05) is 13.7 Å². The zero-order valence-electron chi connectivity index (χ0n) is 17.5. The fourth-order valence-corrected chi connectivity index (χ4v) is 4.17. The number of carbonyl (C=O) groups excluding carboxylic acids is 1. The van der Waals surface area contributed by atoms with Crippen LogP contribution in [0.5, 0.6) is 5.75 Å². The lowest BCUT2D eigenvalue weighted by Gasteiger charge is -2.13. The van der Waals surface area contributed by atoms with Crippen LogP contribution in [-0.4, -0.2) is 19.7 Å². The van der Waals surface area contributed by atoms with Gasteiger partial charge in [0.2, 0.25) is 0 Å². The Bertz CT molecular complexity index is 923. The zero-order chi connectivity index (χ0) is 21.2. The fraction of sp³-hybridized carbons (Fsp3) is 0.269. The number of ether oxygens (including phenoxy) is 2. The van der Waals surface area contributed by atoms with Crippen molar-refractivity contribution in [1.29, 1.82) is 0 Å². The predicted octanol–water partition coefficient (Wildman–Crippen LogP) is 6.20. The standard InChI is InChI=1S/C26H28O3S/c1-3-22(26(27)28-2)18-21-12-14-23(15-13-21)29-17-16-20-8-7-11-25(19-20)30-24-9-5-4-6-10-24/h4-15,19,22H,3,16-18H2,1-2H3. The second-order valence-corrected chi connectivity index (χ2v) is 8.28. The lowest BCUT2D eigenvalue weighted by atomic mass is 9.97. The average Bonchev–Trinajstić information content (AvgIpc) is 2.79. The number of esters is 1. The van der Waals surface area contributed by atoms with Crippen molar-refractivity contribution >= 4 is 17.7 Å². The van der Waals surface area contributed by atoms with Gasteiger partial charge in [-0.25, -0.2) is 0 Å². The van der Waals surface area contributed by atoms with E-state index < -0.39 is 0 Å². The second-order valence-electron chi connectivity index (χ2n) is 7.14. The van der Waals surface area contributed by atoms with Gasteiger partial charge in [-0.3, -0.25) is 4.79 Å². The SMILES string of the molecule is CCC(Cc1ccc(OCCc2cccc(Sc3ccccc3)c2)cc1)C(=O)OC. The van der Waals surface area contributed by atoms with Crippen molar-refractivity contribution in [3.05, 3.63) is 90.0 Å². The molecule has 0 heterocycles. The van der Waals surface area contributed by atoms with Crippen LogP contribution in [0.3, 0.4) is 0 Å². The van der Waals surface area contributed by atoms with Crippen LogP contribution < -0.4 is 4.74 Å². The number of methoxy groups -OCH3 is 1. The third-order valence-corrected chi connectivity index (χ3v) is 5.97. The number of carbonyl (C=O) groups is 1. The van der Waals surface area contributed by atoms with Crippen molar-refractivity contribution in [3.8, 4) is 5.75 Å². The summed E-state index contributed by atoms with van der Waals surface area (Å²) in [6.45, 7) is 2.63. The number of hydrogen-bond acceptors (Lipinski definition) is 4. The molecule has 0 N–H and O–H groups in total. The van der Waals surface area contributed by atoms with Gasteiger partial charge < -0.3 is 9.47 Å². The Morgan fingerprint density at radius 1 is 0.900 bits per heavy atom. The largest absolute Gasteiger partial charge is 0.493 e. The van der Waals surface area contributed by atoms with E-state index >= 15 is 0 Å². The molecular weight excluding hydrogens is 392 g/mol. The van der Waals surface area contributed by atoms with Crippen molar-refractivity contribution < 1.29 is 14.3 Å². The maximum atomic E-state index is 11.8. The summed E-state index contributed by atoms with van der Waals surface area (Å²) in [6.07, 6.45) is 2.31. The molecule has 0 amide bonds. The zero-order valence-corrected chi connectivity index (χ0v) is 18.4. The molecule has 0 aliphatic rings. The maximum Gasteiger partial charge on any atom is 0.308 e. The summed E-state index contributed by atoms with van der Waals surface area (Å²) in [5.74, 6) is 0.605. The van der Waals surface area contributed by atoms with Gasteiger partial charge >= 0.3 is 5.97 Å². The fourth-order valence-electron chi connectivity index (χ4n) is 3.24. The topological polar surface area (TPSA) is 35.5 Å². The molecular formula is C26H28O3S. The summed E-state index contributed by atoms with van der Waals surface area (Å²) in [6, 6.07) is 27.0. The third-order valence-electron chi connectivity index (χ3n) is 4.97. The molecule has 0 aliphatic heterocycles. The van der Waals surface area contributed by atoms with Crippen LogP contribution in [0.25, 0.3) is 0 Å². The van der Waals surface area contributed by atoms with Gasteiger partial charge in [0.1, 0.15) is 5.75 Å². The highest BCUT2D eigenvalue weighted by Gasteiger charge is 2.17. The van der Waals surface area contributed by atoms with Gasteiger partial charge in [-0.2, -0.15) is 0 Å². The smallest absolute Gasteiger partial charge is 0.308 e. The van der Waals surface area contributed by atoms with E-state index in [9.17, 15) is 4.79 Å². The van der Waals surface area contributed by atoms with Gasteiger partial charge in [-0.1, -0.05) is 61.2 Å². The molecule has 0 saturated carbocycles. The van der Waals surface area contributed by atoms with Crippen molar-refractivity contribution in [2.45, 2.75) is 36.0 Å². The van der Waals surface area contributed by atoms with Gasteiger partial charge in [0.15, 0.2) is 0 Å². The highest BCUT2D eigenvalue weighted by molar-refractivity contribution is 7.99. The Morgan fingerprint density at radius 2 is 1.63 bits per heavy atom. The molecule has 30 heavy (non-hydrogen) atoms. The molecule has 0 fully saturated rings. The second kappa shape index (κ2) is 11.5. The summed E-state index contributed by atoms with van der Waals surface area (Å²) in [4.78, 5) is 14.2. The number of benzene rings is 3. The lowest BCUT2D eigenvalue weighted by molar-refractivity contribution is -0.145. The minimum Gasteiger partial charge on any atom is -0.493 e. The Balaban J connectivity index is 1.49. The monoisotopic (exact) mass is 420 g/mol. The van der Waals surface area contributed by atoms with Gasteiger partial charge in [-0.05, 0) is 60.4 Å². The molecule has 0 radical (unpaired) electrons. The summed E-state index contributed by atoms with van der Waals surface area (Å²) in [7, 11) is 1.44. The molecule has 0 aromatic heterocycles. The third kappa shape index (κ3) is 6.67. The predicted molar refractivity (Wildman–Crippen MR) is 122 cm³/mol. The van der Waals surface area contributed by atoms with Gasteiger partial charge in [0.25, 0.3) is 0 Å². The first-order chi connectivity index (χ1) is 14.7. The Hall–Kier alpha value is -2.72. The average molecular weight is 421 g/mol. The van der Waals surface area contributed by atoms with Gasteiger partial charge in [0.05, 0.1) is 19.6 Å².